The summed E-state index contributed by atoms with van der Waals surface area (Å²) in [6, 6.07) is 7.74. The van der Waals surface area contributed by atoms with Gasteiger partial charge in [0.2, 0.25) is 0 Å². The van der Waals surface area contributed by atoms with E-state index < -0.39 is 0 Å². The fraction of sp³-hybridized carbons (Fsp3) is 0.467. The lowest BCUT2D eigenvalue weighted by molar-refractivity contribution is 0.0160. The van der Waals surface area contributed by atoms with Crippen LogP contribution < -0.4 is 5.73 Å². The highest BCUT2D eigenvalue weighted by Crippen LogP contribution is 2.21. The number of benzene rings is 1. The zero-order valence-corrected chi connectivity index (χ0v) is 12.3. The van der Waals surface area contributed by atoms with Gasteiger partial charge in [-0.2, -0.15) is 5.10 Å². The third kappa shape index (κ3) is 2.41. The smallest absolute Gasteiger partial charge is 0.275 e. The zero-order valence-electron chi connectivity index (χ0n) is 12.3. The highest BCUT2D eigenvalue weighted by Gasteiger charge is 2.31. The second-order valence-electron chi connectivity index (χ2n) is 5.47. The molecule has 1 amide bonds. The van der Waals surface area contributed by atoms with Crippen LogP contribution in [0.5, 0.6) is 0 Å². The number of carbonyl (C=O) groups is 1. The first-order valence-electron chi connectivity index (χ1n) is 7.11. The van der Waals surface area contributed by atoms with Gasteiger partial charge in [0, 0.05) is 38.7 Å². The largest absolute Gasteiger partial charge is 0.378 e. The number of methoxy groups -OCH3 is 1. The number of ether oxygens (including phenoxy) is 1. The van der Waals surface area contributed by atoms with E-state index in [1.165, 1.54) is 0 Å². The summed E-state index contributed by atoms with van der Waals surface area (Å²) in [7, 11) is 3.48. The van der Waals surface area contributed by atoms with Crippen LogP contribution in [0.25, 0.3) is 10.9 Å². The van der Waals surface area contributed by atoms with Crippen LogP contribution in [0, 0.1) is 0 Å². The van der Waals surface area contributed by atoms with E-state index in [2.05, 4.69) is 5.10 Å². The van der Waals surface area contributed by atoms with Gasteiger partial charge in [0.1, 0.15) is 0 Å². The average Bonchev–Trinajstić information content (AvgIpc) is 2.85. The first-order chi connectivity index (χ1) is 10.1. The molecule has 2 atom stereocenters. The summed E-state index contributed by atoms with van der Waals surface area (Å²) in [5.74, 6) is -0.0549. The number of carbonyl (C=O) groups excluding carboxylic acids is 1. The molecule has 1 aliphatic heterocycles. The molecule has 0 unspecified atom stereocenters. The minimum atomic E-state index is -0.113. The predicted octanol–water partition coefficient (Wildman–Crippen LogP) is 0.761. The third-order valence-corrected chi connectivity index (χ3v) is 4.16. The Labute approximate surface area is 123 Å². The molecule has 0 spiro atoms. The molecule has 6 heteroatoms. The van der Waals surface area contributed by atoms with Gasteiger partial charge in [-0.25, -0.2) is 0 Å². The van der Waals surface area contributed by atoms with E-state index >= 15 is 0 Å². The maximum atomic E-state index is 12.7. The lowest BCUT2D eigenvalue weighted by atomic mass is 10.0. The summed E-state index contributed by atoms with van der Waals surface area (Å²) in [5.41, 5.74) is 7.46. The summed E-state index contributed by atoms with van der Waals surface area (Å²) < 4.78 is 7.11. The van der Waals surface area contributed by atoms with Gasteiger partial charge in [-0.15, -0.1) is 0 Å². The second kappa shape index (κ2) is 5.46. The van der Waals surface area contributed by atoms with E-state index in [-0.39, 0.29) is 18.1 Å². The topological polar surface area (TPSA) is 73.4 Å². The third-order valence-electron chi connectivity index (χ3n) is 4.16. The summed E-state index contributed by atoms with van der Waals surface area (Å²) in [4.78, 5) is 14.5. The Morgan fingerprint density at radius 3 is 2.95 bits per heavy atom. The SMILES string of the molecule is CO[C@H]1CN(C(=O)c2nn(C)c3ccccc23)CC[C@H]1N. The Morgan fingerprint density at radius 1 is 1.43 bits per heavy atom. The maximum Gasteiger partial charge on any atom is 0.275 e. The lowest BCUT2D eigenvalue weighted by Gasteiger charge is -2.35. The van der Waals surface area contributed by atoms with Crippen molar-refractivity contribution in [3.05, 3.63) is 30.0 Å². The van der Waals surface area contributed by atoms with Gasteiger partial charge in [0.25, 0.3) is 5.91 Å². The van der Waals surface area contributed by atoms with Crippen LogP contribution in [0.2, 0.25) is 0 Å². The van der Waals surface area contributed by atoms with E-state index in [9.17, 15) is 4.79 Å². The van der Waals surface area contributed by atoms with Crippen LogP contribution in [-0.4, -0.2) is 52.9 Å². The van der Waals surface area contributed by atoms with Gasteiger partial charge < -0.3 is 15.4 Å². The number of hydrogen-bond donors (Lipinski definition) is 1. The Balaban J connectivity index is 1.91. The minimum Gasteiger partial charge on any atom is -0.378 e. The molecule has 1 fully saturated rings. The summed E-state index contributed by atoms with van der Waals surface area (Å²) >= 11 is 0. The number of fused-ring (bicyclic) bond motifs is 1. The van der Waals surface area contributed by atoms with Crippen molar-refractivity contribution in [2.45, 2.75) is 18.6 Å². The number of amides is 1. The molecule has 3 rings (SSSR count). The second-order valence-corrected chi connectivity index (χ2v) is 5.47. The summed E-state index contributed by atoms with van der Waals surface area (Å²) in [5, 5.41) is 5.27. The average molecular weight is 288 g/mol. The number of aryl methyl sites for hydroxylation is 1. The number of para-hydroxylation sites is 1. The molecule has 112 valence electrons. The minimum absolute atomic E-state index is 0.0143. The van der Waals surface area contributed by atoms with Crippen molar-refractivity contribution in [2.24, 2.45) is 12.8 Å². The van der Waals surface area contributed by atoms with Crippen molar-refractivity contribution in [1.29, 1.82) is 0 Å². The van der Waals surface area contributed by atoms with Crippen LogP contribution in [0.3, 0.4) is 0 Å². The fourth-order valence-corrected chi connectivity index (χ4v) is 2.89. The molecule has 1 aromatic heterocycles. The van der Waals surface area contributed by atoms with Gasteiger partial charge >= 0.3 is 0 Å². The number of nitrogens with zero attached hydrogens (tertiary/aromatic N) is 3. The molecule has 1 aliphatic rings. The van der Waals surface area contributed by atoms with Gasteiger partial charge in [0.15, 0.2) is 5.69 Å². The molecule has 0 saturated carbocycles. The zero-order chi connectivity index (χ0) is 15.0. The van der Waals surface area contributed by atoms with Gasteiger partial charge in [0.05, 0.1) is 11.6 Å². The highest BCUT2D eigenvalue weighted by atomic mass is 16.5. The Bertz CT molecular complexity index is 667. The summed E-state index contributed by atoms with van der Waals surface area (Å²) in [6.07, 6.45) is 0.632. The van der Waals surface area contributed by atoms with Crippen molar-refractivity contribution in [3.8, 4) is 0 Å². The van der Waals surface area contributed by atoms with Crippen LogP contribution >= 0.6 is 0 Å². The fourth-order valence-electron chi connectivity index (χ4n) is 2.89. The van der Waals surface area contributed by atoms with Crippen LogP contribution in [-0.2, 0) is 11.8 Å². The van der Waals surface area contributed by atoms with Gasteiger partial charge in [-0.3, -0.25) is 9.48 Å². The molecule has 0 radical (unpaired) electrons. The van der Waals surface area contributed by atoms with Crippen molar-refractivity contribution in [1.82, 2.24) is 14.7 Å². The van der Waals surface area contributed by atoms with Crippen molar-refractivity contribution < 1.29 is 9.53 Å². The Hall–Kier alpha value is -1.92. The summed E-state index contributed by atoms with van der Waals surface area (Å²) in [6.45, 7) is 1.16. The normalized spacial score (nSPS) is 22.7. The Morgan fingerprint density at radius 2 is 2.19 bits per heavy atom. The lowest BCUT2D eigenvalue weighted by Crippen LogP contribution is -2.53. The molecule has 1 aromatic carbocycles. The van der Waals surface area contributed by atoms with Gasteiger partial charge in [-0.05, 0) is 12.5 Å². The number of piperidine rings is 1. The molecule has 21 heavy (non-hydrogen) atoms. The number of hydrogen-bond acceptors (Lipinski definition) is 4. The van der Waals surface area contributed by atoms with E-state index in [0.29, 0.717) is 18.8 Å². The van der Waals surface area contributed by atoms with Crippen molar-refractivity contribution >= 4 is 16.8 Å². The van der Waals surface area contributed by atoms with E-state index in [4.69, 9.17) is 10.5 Å². The van der Waals surface area contributed by atoms with E-state index in [1.54, 1.807) is 16.7 Å². The number of aromatic nitrogens is 2. The number of rotatable bonds is 2. The number of nitrogens with two attached hydrogens (primary N) is 1. The van der Waals surface area contributed by atoms with Gasteiger partial charge in [-0.1, -0.05) is 18.2 Å². The first kappa shape index (κ1) is 14.0. The molecule has 0 bridgehead atoms. The monoisotopic (exact) mass is 288 g/mol. The Kier molecular flexibility index (Phi) is 3.65. The molecule has 1 saturated heterocycles. The molecule has 2 aromatic rings. The molecule has 6 nitrogen and oxygen atoms in total. The van der Waals surface area contributed by atoms with Crippen molar-refractivity contribution in [3.63, 3.8) is 0 Å². The molecule has 2 N–H and O–H groups in total. The highest BCUT2D eigenvalue weighted by molar-refractivity contribution is 6.04. The quantitative estimate of drug-likeness (QED) is 0.885. The molecule has 2 heterocycles. The first-order valence-corrected chi connectivity index (χ1v) is 7.11. The molecular formula is C15H20N4O2. The van der Waals surface area contributed by atoms with Crippen LogP contribution in [0.15, 0.2) is 24.3 Å². The van der Waals surface area contributed by atoms with E-state index in [0.717, 1.165) is 17.3 Å². The predicted molar refractivity (Wildman–Crippen MR) is 80.0 cm³/mol. The van der Waals surface area contributed by atoms with Crippen LogP contribution in [0.4, 0.5) is 0 Å². The number of likely N-dealkylation sites (tertiary alicyclic amines) is 1. The van der Waals surface area contributed by atoms with Crippen molar-refractivity contribution in [2.75, 3.05) is 20.2 Å². The van der Waals surface area contributed by atoms with Crippen LogP contribution in [0.1, 0.15) is 16.9 Å². The molecular weight excluding hydrogens is 268 g/mol. The van der Waals surface area contributed by atoms with E-state index in [1.807, 2.05) is 31.3 Å². The maximum absolute atomic E-state index is 12.7. The standard InChI is InChI=1S/C15H20N4O2/c1-18-12-6-4-3-5-10(12)14(17-18)15(20)19-8-7-11(16)13(9-19)21-2/h3-6,11,13H,7-9,16H2,1-2H3/t11-,13+/m1/s1. The molecule has 0 aliphatic carbocycles.